The van der Waals surface area contributed by atoms with Gasteiger partial charge in [0.2, 0.25) is 0 Å². The van der Waals surface area contributed by atoms with E-state index in [1.165, 1.54) is 16.7 Å². The first-order valence-electron chi connectivity index (χ1n) is 8.71. The van der Waals surface area contributed by atoms with E-state index in [1.807, 2.05) is 52.0 Å². The van der Waals surface area contributed by atoms with Crippen LogP contribution in [-0.4, -0.2) is 17.1 Å². The summed E-state index contributed by atoms with van der Waals surface area (Å²) in [5, 5.41) is 9.13. The number of carbonyl (C=O) groups is 2. The summed E-state index contributed by atoms with van der Waals surface area (Å²) in [6.45, 7) is 8.01. The highest BCUT2D eigenvalue weighted by molar-refractivity contribution is 8.04. The molecule has 0 atom stereocenters. The van der Waals surface area contributed by atoms with Crippen LogP contribution in [0.4, 0.5) is 5.69 Å². The molecule has 5 heteroatoms. The first kappa shape index (κ1) is 18.9. The van der Waals surface area contributed by atoms with Gasteiger partial charge in [-0.3, -0.25) is 9.59 Å². The molecule has 2 aromatic rings. The SMILES string of the molecule is Cc1ccc(C2=C(SC(C)C)C(=O)N(c3ccc(C#N)cc3)C2=O)cc1C. The molecule has 0 bridgehead atoms. The molecule has 0 saturated carbocycles. The van der Waals surface area contributed by atoms with E-state index in [0.29, 0.717) is 21.7 Å². The van der Waals surface area contributed by atoms with Crippen molar-refractivity contribution in [2.75, 3.05) is 4.90 Å². The third-order valence-corrected chi connectivity index (χ3v) is 5.53. The molecule has 1 aliphatic rings. The minimum Gasteiger partial charge on any atom is -0.268 e. The van der Waals surface area contributed by atoms with Gasteiger partial charge in [0.15, 0.2) is 0 Å². The Bertz CT molecular complexity index is 998. The van der Waals surface area contributed by atoms with Crippen LogP contribution in [0.15, 0.2) is 47.4 Å². The fraction of sp³-hybridized carbons (Fsp3) is 0.227. The molecule has 3 rings (SSSR count). The third kappa shape index (κ3) is 3.54. The summed E-state index contributed by atoms with van der Waals surface area (Å²) in [5.41, 5.74) is 4.38. The number of imide groups is 1. The second-order valence-electron chi connectivity index (χ2n) is 6.77. The van der Waals surface area contributed by atoms with Crippen LogP contribution in [0.5, 0.6) is 0 Å². The van der Waals surface area contributed by atoms with Crippen LogP contribution in [0.2, 0.25) is 0 Å². The van der Waals surface area contributed by atoms with Gasteiger partial charge < -0.3 is 0 Å². The quantitative estimate of drug-likeness (QED) is 0.732. The first-order chi connectivity index (χ1) is 12.8. The van der Waals surface area contributed by atoms with E-state index < -0.39 is 0 Å². The van der Waals surface area contributed by atoms with Crippen LogP contribution in [-0.2, 0) is 9.59 Å². The minimum atomic E-state index is -0.323. The Kier molecular flexibility index (Phi) is 5.20. The molecular formula is C22H20N2O2S. The number of carbonyl (C=O) groups excluding carboxylic acids is 2. The Balaban J connectivity index is 2.10. The van der Waals surface area contributed by atoms with Gasteiger partial charge in [0.25, 0.3) is 11.8 Å². The number of nitriles is 1. The molecule has 0 saturated heterocycles. The number of amides is 2. The molecule has 0 N–H and O–H groups in total. The number of thioether (sulfide) groups is 1. The number of rotatable bonds is 4. The summed E-state index contributed by atoms with van der Waals surface area (Å²) in [6.07, 6.45) is 0. The maximum Gasteiger partial charge on any atom is 0.272 e. The predicted molar refractivity (Wildman–Crippen MR) is 109 cm³/mol. The highest BCUT2D eigenvalue weighted by atomic mass is 32.2. The highest BCUT2D eigenvalue weighted by Crippen LogP contribution is 2.40. The van der Waals surface area contributed by atoms with Gasteiger partial charge >= 0.3 is 0 Å². The number of hydrogen-bond acceptors (Lipinski definition) is 4. The molecule has 27 heavy (non-hydrogen) atoms. The summed E-state index contributed by atoms with van der Waals surface area (Å²) >= 11 is 1.41. The summed E-state index contributed by atoms with van der Waals surface area (Å²) in [6, 6.07) is 14.4. The van der Waals surface area contributed by atoms with Gasteiger partial charge in [-0.15, -0.1) is 11.8 Å². The summed E-state index contributed by atoms with van der Waals surface area (Å²) in [7, 11) is 0. The van der Waals surface area contributed by atoms with E-state index in [1.54, 1.807) is 24.3 Å². The van der Waals surface area contributed by atoms with Crippen LogP contribution in [0.3, 0.4) is 0 Å². The molecule has 0 aromatic heterocycles. The van der Waals surface area contributed by atoms with E-state index in [4.69, 9.17) is 5.26 Å². The molecule has 1 heterocycles. The number of nitrogens with zero attached hydrogens (tertiary/aromatic N) is 2. The van der Waals surface area contributed by atoms with Crippen molar-refractivity contribution in [3.8, 4) is 6.07 Å². The van der Waals surface area contributed by atoms with Crippen molar-refractivity contribution in [3.63, 3.8) is 0 Å². The van der Waals surface area contributed by atoms with Gasteiger partial charge in [0.1, 0.15) is 0 Å². The average molecular weight is 376 g/mol. The Hall–Kier alpha value is -2.84. The summed E-state index contributed by atoms with van der Waals surface area (Å²) in [5.74, 6) is -0.632. The van der Waals surface area contributed by atoms with Crippen molar-refractivity contribution >= 4 is 34.8 Å². The standard InChI is InChI=1S/C22H20N2O2S/c1-13(2)27-20-19(17-8-5-14(3)15(4)11-17)21(25)24(22(20)26)18-9-6-16(12-23)7-10-18/h5-11,13H,1-4H3. The van der Waals surface area contributed by atoms with E-state index in [2.05, 4.69) is 0 Å². The lowest BCUT2D eigenvalue weighted by Crippen LogP contribution is -2.31. The van der Waals surface area contributed by atoms with Crippen molar-refractivity contribution in [2.45, 2.75) is 32.9 Å². The third-order valence-electron chi connectivity index (χ3n) is 4.45. The fourth-order valence-electron chi connectivity index (χ4n) is 2.93. The van der Waals surface area contributed by atoms with Crippen LogP contribution in [0.1, 0.15) is 36.1 Å². The fourth-order valence-corrected chi connectivity index (χ4v) is 3.91. The molecule has 0 unspecified atom stereocenters. The van der Waals surface area contributed by atoms with E-state index >= 15 is 0 Å². The van der Waals surface area contributed by atoms with E-state index in [9.17, 15) is 9.59 Å². The molecule has 1 aliphatic heterocycles. The van der Waals surface area contributed by atoms with Gasteiger partial charge in [-0.05, 0) is 54.8 Å². The molecule has 0 fully saturated rings. The second kappa shape index (κ2) is 7.42. The number of hydrogen-bond donors (Lipinski definition) is 0. The molecule has 2 aromatic carbocycles. The Morgan fingerprint density at radius 2 is 1.63 bits per heavy atom. The lowest BCUT2D eigenvalue weighted by atomic mass is 10.0. The molecule has 0 spiro atoms. The second-order valence-corrected chi connectivity index (χ2v) is 8.36. The van der Waals surface area contributed by atoms with Crippen molar-refractivity contribution in [2.24, 2.45) is 0 Å². The lowest BCUT2D eigenvalue weighted by Gasteiger charge is -2.15. The minimum absolute atomic E-state index is 0.166. The zero-order valence-corrected chi connectivity index (χ0v) is 16.6. The smallest absolute Gasteiger partial charge is 0.268 e. The van der Waals surface area contributed by atoms with Crippen LogP contribution >= 0.6 is 11.8 Å². The largest absolute Gasteiger partial charge is 0.272 e. The molecule has 0 radical (unpaired) electrons. The van der Waals surface area contributed by atoms with E-state index in [0.717, 1.165) is 16.7 Å². The Morgan fingerprint density at radius 3 is 2.19 bits per heavy atom. The van der Waals surface area contributed by atoms with Crippen LogP contribution < -0.4 is 4.90 Å². The summed E-state index contributed by atoms with van der Waals surface area (Å²) in [4.78, 5) is 28.0. The van der Waals surface area contributed by atoms with Crippen molar-refractivity contribution < 1.29 is 9.59 Å². The van der Waals surface area contributed by atoms with Crippen LogP contribution in [0.25, 0.3) is 5.57 Å². The monoisotopic (exact) mass is 376 g/mol. The highest BCUT2D eigenvalue weighted by Gasteiger charge is 2.40. The molecule has 0 aliphatic carbocycles. The van der Waals surface area contributed by atoms with E-state index in [-0.39, 0.29) is 17.1 Å². The molecule has 136 valence electrons. The molecule has 4 nitrogen and oxygen atoms in total. The topological polar surface area (TPSA) is 61.2 Å². The van der Waals surface area contributed by atoms with Gasteiger partial charge in [-0.2, -0.15) is 5.26 Å². The zero-order valence-electron chi connectivity index (χ0n) is 15.7. The van der Waals surface area contributed by atoms with Crippen molar-refractivity contribution in [1.82, 2.24) is 0 Å². The number of benzene rings is 2. The molecule has 2 amide bonds. The first-order valence-corrected chi connectivity index (χ1v) is 9.59. The van der Waals surface area contributed by atoms with Gasteiger partial charge in [0, 0.05) is 5.25 Å². The lowest BCUT2D eigenvalue weighted by molar-refractivity contribution is -0.119. The molecular weight excluding hydrogens is 356 g/mol. The van der Waals surface area contributed by atoms with Crippen molar-refractivity contribution in [1.29, 1.82) is 5.26 Å². The Morgan fingerprint density at radius 1 is 0.963 bits per heavy atom. The normalized spacial score (nSPS) is 14.3. The Labute approximate surface area is 163 Å². The predicted octanol–water partition coefficient (Wildman–Crippen LogP) is 4.60. The maximum atomic E-state index is 13.2. The number of aryl methyl sites for hydroxylation is 2. The zero-order chi connectivity index (χ0) is 19.7. The summed E-state index contributed by atoms with van der Waals surface area (Å²) < 4.78 is 0. The van der Waals surface area contributed by atoms with Gasteiger partial charge in [0.05, 0.1) is 27.8 Å². The van der Waals surface area contributed by atoms with Crippen LogP contribution in [0, 0.1) is 25.2 Å². The average Bonchev–Trinajstić information content (AvgIpc) is 2.87. The van der Waals surface area contributed by atoms with Gasteiger partial charge in [-0.1, -0.05) is 32.0 Å². The van der Waals surface area contributed by atoms with Crippen molar-refractivity contribution in [3.05, 3.63) is 69.6 Å². The number of anilines is 1. The maximum absolute atomic E-state index is 13.2. The van der Waals surface area contributed by atoms with Gasteiger partial charge in [-0.25, -0.2) is 4.90 Å².